The van der Waals surface area contributed by atoms with Gasteiger partial charge >= 0.3 is 0 Å². The summed E-state index contributed by atoms with van der Waals surface area (Å²) >= 11 is 0. The zero-order valence-electron chi connectivity index (χ0n) is 5.52. The van der Waals surface area contributed by atoms with Crippen molar-refractivity contribution in [1.29, 1.82) is 0 Å². The maximum absolute atomic E-state index is 10.9. The van der Waals surface area contributed by atoms with Gasteiger partial charge in [-0.2, -0.15) is 0 Å². The van der Waals surface area contributed by atoms with Gasteiger partial charge in [0.1, 0.15) is 0 Å². The Morgan fingerprint density at radius 3 is 2.64 bits per heavy atom. The second kappa shape index (κ2) is 2.40. The molecular formula is C6H5NO3S. The van der Waals surface area contributed by atoms with Crippen LogP contribution in [0.3, 0.4) is 0 Å². The fraction of sp³-hybridized carbons (Fsp3) is 0.167. The normalized spacial score (nSPS) is 20.3. The fourth-order valence-electron chi connectivity index (χ4n) is 0.677. The van der Waals surface area contributed by atoms with Crippen LogP contribution in [0.15, 0.2) is 11.5 Å². The van der Waals surface area contributed by atoms with E-state index in [1.807, 2.05) is 0 Å². The highest BCUT2D eigenvalue weighted by Gasteiger charge is 2.28. The lowest BCUT2D eigenvalue weighted by Gasteiger charge is -2.09. The van der Waals surface area contributed by atoms with E-state index in [2.05, 4.69) is 5.92 Å². The number of rotatable bonds is 1. The molecule has 0 aromatic heterocycles. The Bertz CT molecular complexity index is 347. The van der Waals surface area contributed by atoms with Crippen molar-refractivity contribution in [2.24, 2.45) is 0 Å². The highest BCUT2D eigenvalue weighted by Crippen LogP contribution is 2.10. The third kappa shape index (κ3) is 1.25. The highest BCUT2D eigenvalue weighted by molar-refractivity contribution is 7.93. The Labute approximate surface area is 64.5 Å². The van der Waals surface area contributed by atoms with Crippen LogP contribution in [0.4, 0.5) is 0 Å². The molecule has 1 rings (SSSR count). The van der Waals surface area contributed by atoms with Crippen LogP contribution in [-0.4, -0.2) is 25.2 Å². The lowest BCUT2D eigenvalue weighted by molar-refractivity contribution is -0.120. The van der Waals surface area contributed by atoms with Crippen molar-refractivity contribution >= 4 is 15.9 Å². The summed E-state index contributed by atoms with van der Waals surface area (Å²) in [6.45, 7) is -0.200. The second-order valence-electron chi connectivity index (χ2n) is 1.90. The molecular weight excluding hydrogens is 166 g/mol. The summed E-state index contributed by atoms with van der Waals surface area (Å²) in [5.41, 5.74) is 0. The average molecular weight is 171 g/mol. The quantitative estimate of drug-likeness (QED) is 0.490. The molecule has 5 heteroatoms. The van der Waals surface area contributed by atoms with Gasteiger partial charge < -0.3 is 0 Å². The summed E-state index contributed by atoms with van der Waals surface area (Å²) in [6, 6.07) is 0. The van der Waals surface area contributed by atoms with E-state index in [0.29, 0.717) is 4.31 Å². The third-order valence-electron chi connectivity index (χ3n) is 1.17. The molecule has 1 aliphatic heterocycles. The van der Waals surface area contributed by atoms with Gasteiger partial charge in [0.25, 0.3) is 15.9 Å². The monoisotopic (exact) mass is 171 g/mol. The molecule has 1 amide bonds. The van der Waals surface area contributed by atoms with E-state index in [0.717, 1.165) is 11.5 Å². The maximum Gasteiger partial charge on any atom is 0.261 e. The van der Waals surface area contributed by atoms with Gasteiger partial charge in [0.05, 0.1) is 12.0 Å². The molecule has 0 atom stereocenters. The standard InChI is InChI=1S/C6H5NO3S/c1-2-4-7-6(8)3-5-11(7,9)10/h1,3,5H,4H2. The van der Waals surface area contributed by atoms with Crippen LogP contribution in [0, 0.1) is 12.3 Å². The topological polar surface area (TPSA) is 54.5 Å². The maximum atomic E-state index is 10.9. The second-order valence-corrected chi connectivity index (χ2v) is 3.64. The van der Waals surface area contributed by atoms with Crippen molar-refractivity contribution in [3.63, 3.8) is 0 Å². The number of hydrogen-bond donors (Lipinski definition) is 0. The molecule has 4 nitrogen and oxygen atoms in total. The molecule has 0 aromatic rings. The first kappa shape index (κ1) is 7.82. The summed E-state index contributed by atoms with van der Waals surface area (Å²) in [5, 5.41) is 0.840. The van der Waals surface area contributed by atoms with Crippen LogP contribution in [0.25, 0.3) is 0 Å². The minimum Gasteiger partial charge on any atom is -0.269 e. The summed E-state index contributed by atoms with van der Waals surface area (Å²) in [5.74, 6) is 1.50. The molecule has 0 unspecified atom stereocenters. The minimum absolute atomic E-state index is 0.200. The SMILES string of the molecule is C#CCN1C(=O)C=CS1(=O)=O. The van der Waals surface area contributed by atoms with E-state index in [-0.39, 0.29) is 6.54 Å². The number of carbonyl (C=O) groups excluding carboxylic acids is 1. The van der Waals surface area contributed by atoms with E-state index >= 15 is 0 Å². The first-order valence-corrected chi connectivity index (χ1v) is 4.26. The summed E-state index contributed by atoms with van der Waals surface area (Å²) in [6.07, 6.45) is 5.83. The van der Waals surface area contributed by atoms with E-state index < -0.39 is 15.9 Å². The van der Waals surface area contributed by atoms with Gasteiger partial charge in [-0.15, -0.1) is 6.42 Å². The van der Waals surface area contributed by atoms with Crippen molar-refractivity contribution in [3.05, 3.63) is 11.5 Å². The molecule has 0 bridgehead atoms. The molecule has 0 aromatic carbocycles. The van der Waals surface area contributed by atoms with Crippen LogP contribution in [-0.2, 0) is 14.8 Å². The fourth-order valence-corrected chi connectivity index (χ4v) is 1.68. The van der Waals surface area contributed by atoms with Crippen molar-refractivity contribution < 1.29 is 13.2 Å². The van der Waals surface area contributed by atoms with Crippen molar-refractivity contribution in [2.75, 3.05) is 6.54 Å². The molecule has 0 radical (unpaired) electrons. The molecule has 0 spiro atoms. The molecule has 58 valence electrons. The lowest BCUT2D eigenvalue weighted by atomic mass is 10.5. The van der Waals surface area contributed by atoms with Crippen LogP contribution in [0.2, 0.25) is 0 Å². The molecule has 0 saturated carbocycles. The van der Waals surface area contributed by atoms with E-state index in [1.54, 1.807) is 0 Å². The molecule has 0 aliphatic carbocycles. The Morgan fingerprint density at radius 1 is 1.64 bits per heavy atom. The summed E-state index contributed by atoms with van der Waals surface area (Å²) in [4.78, 5) is 10.7. The molecule has 0 saturated heterocycles. The Morgan fingerprint density at radius 2 is 2.27 bits per heavy atom. The number of terminal acetylenes is 1. The first-order valence-electron chi connectivity index (χ1n) is 2.76. The van der Waals surface area contributed by atoms with Crippen LogP contribution in [0.1, 0.15) is 0 Å². The van der Waals surface area contributed by atoms with Gasteiger partial charge in [0.15, 0.2) is 0 Å². The van der Waals surface area contributed by atoms with Gasteiger partial charge in [-0.3, -0.25) is 4.79 Å². The highest BCUT2D eigenvalue weighted by atomic mass is 32.2. The summed E-state index contributed by atoms with van der Waals surface area (Å²) in [7, 11) is -3.54. The van der Waals surface area contributed by atoms with E-state index in [9.17, 15) is 13.2 Å². The zero-order chi connectivity index (χ0) is 8.48. The third-order valence-corrected chi connectivity index (χ3v) is 2.57. The predicted molar refractivity (Wildman–Crippen MR) is 38.6 cm³/mol. The van der Waals surface area contributed by atoms with Crippen LogP contribution in [0.5, 0.6) is 0 Å². The Kier molecular flexibility index (Phi) is 1.71. The lowest BCUT2D eigenvalue weighted by Crippen LogP contribution is -2.29. The van der Waals surface area contributed by atoms with E-state index in [4.69, 9.17) is 6.42 Å². The van der Waals surface area contributed by atoms with Gasteiger partial charge in [-0.25, -0.2) is 12.7 Å². The van der Waals surface area contributed by atoms with Crippen LogP contribution >= 0.6 is 0 Å². The Balaban J connectivity index is 3.00. The van der Waals surface area contributed by atoms with Crippen molar-refractivity contribution in [3.8, 4) is 12.3 Å². The number of sulfonamides is 1. The first-order chi connectivity index (χ1) is 5.08. The number of amides is 1. The molecule has 11 heavy (non-hydrogen) atoms. The average Bonchev–Trinajstić information content (AvgIpc) is 2.16. The van der Waals surface area contributed by atoms with Gasteiger partial charge in [0.2, 0.25) is 0 Å². The minimum atomic E-state index is -3.54. The van der Waals surface area contributed by atoms with E-state index in [1.165, 1.54) is 0 Å². The largest absolute Gasteiger partial charge is 0.269 e. The van der Waals surface area contributed by atoms with Gasteiger partial charge in [-0.05, 0) is 0 Å². The molecule has 0 N–H and O–H groups in total. The molecule has 1 aliphatic rings. The Hall–Kier alpha value is -1.28. The number of carbonyl (C=O) groups is 1. The zero-order valence-corrected chi connectivity index (χ0v) is 6.34. The van der Waals surface area contributed by atoms with Crippen LogP contribution < -0.4 is 0 Å². The number of nitrogens with zero attached hydrogens (tertiary/aromatic N) is 1. The van der Waals surface area contributed by atoms with Crippen molar-refractivity contribution in [2.45, 2.75) is 0 Å². The summed E-state index contributed by atoms with van der Waals surface area (Å²) < 4.78 is 22.4. The molecule has 1 heterocycles. The van der Waals surface area contributed by atoms with Gasteiger partial charge in [-0.1, -0.05) is 5.92 Å². The smallest absolute Gasteiger partial charge is 0.261 e. The number of hydrogen-bond acceptors (Lipinski definition) is 3. The van der Waals surface area contributed by atoms with Crippen molar-refractivity contribution in [1.82, 2.24) is 4.31 Å². The molecule has 0 fully saturated rings. The predicted octanol–water partition coefficient (Wildman–Crippen LogP) is -0.695. The van der Waals surface area contributed by atoms with Gasteiger partial charge in [0, 0.05) is 6.08 Å².